The molecule has 0 atom stereocenters. The number of nitrogens with one attached hydrogen (secondary N) is 1. The number of aromatic nitrogens is 2. The molecule has 0 unspecified atom stereocenters. The molecule has 3 N–H and O–H groups in total. The molecule has 0 bridgehead atoms. The van der Waals surface area contributed by atoms with E-state index in [4.69, 9.17) is 5.73 Å². The van der Waals surface area contributed by atoms with Gasteiger partial charge in [0.2, 0.25) is 0 Å². The van der Waals surface area contributed by atoms with Gasteiger partial charge in [-0.25, -0.2) is 4.98 Å². The van der Waals surface area contributed by atoms with Crippen LogP contribution in [0.15, 0.2) is 12.4 Å². The zero-order chi connectivity index (χ0) is 11.3. The number of likely N-dealkylation sites (N-methyl/N-ethyl adjacent to an activating group) is 1. The smallest absolute Gasteiger partial charge is 0.268 e. The number of carbonyl (C=O) groups is 1. The summed E-state index contributed by atoms with van der Waals surface area (Å²) in [6.07, 6.45) is 2.90. The van der Waals surface area contributed by atoms with Gasteiger partial charge in [-0.3, -0.25) is 9.78 Å². The van der Waals surface area contributed by atoms with Gasteiger partial charge in [0.05, 0.1) is 12.4 Å². The fourth-order valence-corrected chi connectivity index (χ4v) is 0.977. The second-order valence-corrected chi connectivity index (χ2v) is 3.38. The maximum absolute atomic E-state index is 10.8. The van der Waals surface area contributed by atoms with Crippen molar-refractivity contribution < 1.29 is 4.79 Å². The third kappa shape index (κ3) is 3.90. The van der Waals surface area contributed by atoms with Crippen LogP contribution < -0.4 is 11.1 Å². The molecule has 0 aliphatic carbocycles. The van der Waals surface area contributed by atoms with Gasteiger partial charge >= 0.3 is 0 Å². The number of amides is 1. The molecule has 15 heavy (non-hydrogen) atoms. The Morgan fingerprint density at radius 3 is 2.87 bits per heavy atom. The Bertz CT molecular complexity index is 339. The second kappa shape index (κ2) is 5.26. The Kier molecular flexibility index (Phi) is 3.99. The topological polar surface area (TPSA) is 84.1 Å². The van der Waals surface area contributed by atoms with Gasteiger partial charge in [0, 0.05) is 13.1 Å². The van der Waals surface area contributed by atoms with Crippen LogP contribution in [0.2, 0.25) is 0 Å². The Morgan fingerprint density at radius 1 is 1.53 bits per heavy atom. The van der Waals surface area contributed by atoms with E-state index in [2.05, 4.69) is 15.3 Å². The van der Waals surface area contributed by atoms with Crippen molar-refractivity contribution in [2.24, 2.45) is 5.73 Å². The van der Waals surface area contributed by atoms with Crippen LogP contribution in [0.3, 0.4) is 0 Å². The number of nitrogens with zero attached hydrogens (tertiary/aromatic N) is 3. The van der Waals surface area contributed by atoms with Crippen molar-refractivity contribution in [3.8, 4) is 0 Å². The third-order valence-corrected chi connectivity index (χ3v) is 1.75. The summed E-state index contributed by atoms with van der Waals surface area (Å²) in [5.41, 5.74) is 5.25. The van der Waals surface area contributed by atoms with Gasteiger partial charge in [0.25, 0.3) is 5.91 Å². The number of primary amides is 1. The van der Waals surface area contributed by atoms with Crippen molar-refractivity contribution >= 4 is 11.7 Å². The average Bonchev–Trinajstić information content (AvgIpc) is 2.17. The molecule has 0 saturated heterocycles. The van der Waals surface area contributed by atoms with Gasteiger partial charge in [-0.2, -0.15) is 0 Å². The number of nitrogens with two attached hydrogens (primary N) is 1. The Morgan fingerprint density at radius 2 is 2.27 bits per heavy atom. The Hall–Kier alpha value is -1.69. The summed E-state index contributed by atoms with van der Waals surface area (Å²) in [7, 11) is 3.96. The summed E-state index contributed by atoms with van der Waals surface area (Å²) in [6.45, 7) is 1.62. The van der Waals surface area contributed by atoms with Crippen molar-refractivity contribution in [1.29, 1.82) is 0 Å². The fraction of sp³-hybridized carbons (Fsp3) is 0.444. The second-order valence-electron chi connectivity index (χ2n) is 3.38. The summed E-state index contributed by atoms with van der Waals surface area (Å²) >= 11 is 0. The largest absolute Gasteiger partial charge is 0.367 e. The van der Waals surface area contributed by atoms with Crippen LogP contribution >= 0.6 is 0 Å². The third-order valence-electron chi connectivity index (χ3n) is 1.75. The lowest BCUT2D eigenvalue weighted by atomic mass is 10.4. The van der Waals surface area contributed by atoms with Crippen LogP contribution in [0, 0.1) is 0 Å². The lowest BCUT2D eigenvalue weighted by Gasteiger charge is -2.10. The number of hydrogen-bond acceptors (Lipinski definition) is 5. The molecule has 1 heterocycles. The van der Waals surface area contributed by atoms with E-state index in [-0.39, 0.29) is 5.69 Å². The molecule has 0 fully saturated rings. The highest BCUT2D eigenvalue weighted by atomic mass is 16.1. The molecule has 1 aromatic heterocycles. The number of hydrogen-bond donors (Lipinski definition) is 2. The fourth-order valence-electron chi connectivity index (χ4n) is 0.977. The Balaban J connectivity index is 2.54. The molecule has 0 saturated carbocycles. The first-order valence-electron chi connectivity index (χ1n) is 4.60. The zero-order valence-corrected chi connectivity index (χ0v) is 8.90. The summed E-state index contributed by atoms with van der Waals surface area (Å²) < 4.78 is 0. The minimum absolute atomic E-state index is 0.171. The molecule has 1 aromatic rings. The van der Waals surface area contributed by atoms with Crippen LogP contribution in [0.4, 0.5) is 5.82 Å². The molecule has 6 heteroatoms. The lowest BCUT2D eigenvalue weighted by Crippen LogP contribution is -2.22. The molecule has 82 valence electrons. The molecule has 0 aliphatic rings. The van der Waals surface area contributed by atoms with Crippen molar-refractivity contribution in [1.82, 2.24) is 14.9 Å². The van der Waals surface area contributed by atoms with Gasteiger partial charge in [-0.1, -0.05) is 0 Å². The summed E-state index contributed by atoms with van der Waals surface area (Å²) in [5.74, 6) is -0.00749. The van der Waals surface area contributed by atoms with Crippen molar-refractivity contribution in [2.45, 2.75) is 0 Å². The normalized spacial score (nSPS) is 10.3. The Labute approximate surface area is 88.5 Å². The highest BCUT2D eigenvalue weighted by Gasteiger charge is 2.03. The van der Waals surface area contributed by atoms with Gasteiger partial charge in [-0.15, -0.1) is 0 Å². The van der Waals surface area contributed by atoms with E-state index in [1.165, 1.54) is 6.20 Å². The number of rotatable bonds is 5. The average molecular weight is 209 g/mol. The lowest BCUT2D eigenvalue weighted by molar-refractivity contribution is 0.0995. The standard InChI is InChI=1S/C9H15N5O/c1-14(2)4-3-12-8-6-11-5-7(13-8)9(10)15/h5-6H,3-4H2,1-2H3,(H2,10,15)(H,12,13). The predicted octanol–water partition coefficient (Wildman–Crippen LogP) is -0.451. The monoisotopic (exact) mass is 209 g/mol. The quantitative estimate of drug-likeness (QED) is 0.686. The SMILES string of the molecule is CN(C)CCNc1cncc(C(N)=O)n1. The minimum atomic E-state index is -0.571. The van der Waals surface area contributed by atoms with Crippen LogP contribution in [-0.2, 0) is 0 Å². The van der Waals surface area contributed by atoms with Crippen molar-refractivity contribution in [3.05, 3.63) is 18.1 Å². The van der Waals surface area contributed by atoms with E-state index in [1.54, 1.807) is 6.20 Å². The zero-order valence-electron chi connectivity index (χ0n) is 8.90. The molecular weight excluding hydrogens is 194 g/mol. The highest BCUT2D eigenvalue weighted by molar-refractivity contribution is 5.90. The van der Waals surface area contributed by atoms with E-state index >= 15 is 0 Å². The van der Waals surface area contributed by atoms with Crippen LogP contribution in [-0.4, -0.2) is 48.0 Å². The molecule has 1 rings (SSSR count). The summed E-state index contributed by atoms with van der Waals surface area (Å²) in [4.78, 5) is 20.7. The molecule has 0 aliphatic heterocycles. The van der Waals surface area contributed by atoms with Gasteiger partial charge in [0.1, 0.15) is 11.5 Å². The molecule has 0 aromatic carbocycles. The van der Waals surface area contributed by atoms with E-state index in [9.17, 15) is 4.79 Å². The number of anilines is 1. The first-order valence-corrected chi connectivity index (χ1v) is 4.60. The predicted molar refractivity (Wildman–Crippen MR) is 57.6 cm³/mol. The number of carbonyl (C=O) groups excluding carboxylic acids is 1. The molecule has 0 radical (unpaired) electrons. The molecular formula is C9H15N5O. The van der Waals surface area contributed by atoms with Gasteiger partial charge < -0.3 is 16.0 Å². The van der Waals surface area contributed by atoms with Gasteiger partial charge in [-0.05, 0) is 14.1 Å². The highest BCUT2D eigenvalue weighted by Crippen LogP contribution is 2.00. The van der Waals surface area contributed by atoms with Crippen LogP contribution in [0.25, 0.3) is 0 Å². The van der Waals surface area contributed by atoms with Crippen LogP contribution in [0.5, 0.6) is 0 Å². The van der Waals surface area contributed by atoms with Crippen molar-refractivity contribution in [2.75, 3.05) is 32.5 Å². The van der Waals surface area contributed by atoms with E-state index in [0.717, 1.165) is 13.1 Å². The first kappa shape index (κ1) is 11.4. The maximum atomic E-state index is 10.8. The molecule has 1 amide bonds. The van der Waals surface area contributed by atoms with Crippen LogP contribution in [0.1, 0.15) is 10.5 Å². The van der Waals surface area contributed by atoms with E-state index < -0.39 is 5.91 Å². The van der Waals surface area contributed by atoms with E-state index in [1.807, 2.05) is 19.0 Å². The van der Waals surface area contributed by atoms with Crippen molar-refractivity contribution in [3.63, 3.8) is 0 Å². The molecule has 0 spiro atoms. The van der Waals surface area contributed by atoms with E-state index in [0.29, 0.717) is 5.82 Å². The first-order chi connectivity index (χ1) is 7.09. The minimum Gasteiger partial charge on any atom is -0.367 e. The summed E-state index contributed by atoms with van der Waals surface area (Å²) in [5, 5.41) is 3.05. The maximum Gasteiger partial charge on any atom is 0.268 e. The van der Waals surface area contributed by atoms with Gasteiger partial charge in [0.15, 0.2) is 0 Å². The molecule has 6 nitrogen and oxygen atoms in total. The summed E-state index contributed by atoms with van der Waals surface area (Å²) in [6, 6.07) is 0.